The van der Waals surface area contributed by atoms with Gasteiger partial charge in [0, 0.05) is 19.1 Å². The van der Waals surface area contributed by atoms with Gasteiger partial charge in [-0.25, -0.2) is 0 Å². The molecule has 1 N–H and O–H groups in total. The van der Waals surface area contributed by atoms with Crippen molar-refractivity contribution < 1.29 is 0 Å². The quantitative estimate of drug-likeness (QED) is 0.718. The summed E-state index contributed by atoms with van der Waals surface area (Å²) in [5.41, 5.74) is 0. The van der Waals surface area contributed by atoms with Crippen LogP contribution in [0.2, 0.25) is 0 Å². The molecule has 1 aliphatic carbocycles. The monoisotopic (exact) mass is 294 g/mol. The van der Waals surface area contributed by atoms with Gasteiger partial charge in [-0.2, -0.15) is 0 Å². The lowest BCUT2D eigenvalue weighted by atomic mass is 9.76. The summed E-state index contributed by atoms with van der Waals surface area (Å²) < 4.78 is 0. The minimum absolute atomic E-state index is 0.790. The van der Waals surface area contributed by atoms with Crippen molar-refractivity contribution in [3.63, 3.8) is 0 Å². The van der Waals surface area contributed by atoms with Gasteiger partial charge in [0.15, 0.2) is 0 Å². The second-order valence-electron chi connectivity index (χ2n) is 7.61. The molecule has 2 aliphatic rings. The number of nitrogens with one attached hydrogen (secondary N) is 1. The average molecular weight is 295 g/mol. The molecular weight excluding hydrogens is 256 g/mol. The molecule has 21 heavy (non-hydrogen) atoms. The first-order valence-corrected chi connectivity index (χ1v) is 9.72. The summed E-state index contributed by atoms with van der Waals surface area (Å²) in [5, 5.41) is 3.85. The minimum Gasteiger partial charge on any atom is -0.314 e. The maximum absolute atomic E-state index is 3.85. The van der Waals surface area contributed by atoms with E-state index < -0.39 is 0 Å². The first-order valence-electron chi connectivity index (χ1n) is 9.72. The highest BCUT2D eigenvalue weighted by Crippen LogP contribution is 2.33. The summed E-state index contributed by atoms with van der Waals surface area (Å²) in [6.45, 7) is 12.3. The van der Waals surface area contributed by atoms with Gasteiger partial charge in [-0.1, -0.05) is 33.6 Å². The largest absolute Gasteiger partial charge is 0.314 e. The van der Waals surface area contributed by atoms with Gasteiger partial charge in [-0.3, -0.25) is 0 Å². The molecule has 1 aliphatic heterocycles. The average Bonchev–Trinajstić information content (AvgIpc) is 2.93. The van der Waals surface area contributed by atoms with Crippen LogP contribution in [0.1, 0.15) is 72.1 Å². The van der Waals surface area contributed by atoms with Crippen LogP contribution in [0.25, 0.3) is 0 Å². The SMILES string of the molecule is CCCNC1CCC(CC)CC1CN1CCC(CCC)C1. The van der Waals surface area contributed by atoms with E-state index in [1.54, 1.807) is 0 Å². The Morgan fingerprint density at radius 2 is 1.86 bits per heavy atom. The Kier molecular flexibility index (Phi) is 7.53. The highest BCUT2D eigenvalue weighted by atomic mass is 15.2. The van der Waals surface area contributed by atoms with Crippen molar-refractivity contribution in [2.75, 3.05) is 26.2 Å². The van der Waals surface area contributed by atoms with Crippen LogP contribution in [0.4, 0.5) is 0 Å². The van der Waals surface area contributed by atoms with Crippen LogP contribution < -0.4 is 5.32 Å². The lowest BCUT2D eigenvalue weighted by Crippen LogP contribution is -2.45. The number of hydrogen-bond acceptors (Lipinski definition) is 2. The summed E-state index contributed by atoms with van der Waals surface area (Å²) in [6.07, 6.45) is 11.2. The molecule has 124 valence electrons. The van der Waals surface area contributed by atoms with Crippen LogP contribution in [0.5, 0.6) is 0 Å². The molecule has 0 bridgehead atoms. The highest BCUT2D eigenvalue weighted by Gasteiger charge is 2.32. The van der Waals surface area contributed by atoms with Crippen LogP contribution in [-0.4, -0.2) is 37.1 Å². The molecule has 4 unspecified atom stereocenters. The molecule has 0 amide bonds. The van der Waals surface area contributed by atoms with Crippen molar-refractivity contribution in [2.45, 2.75) is 78.2 Å². The van der Waals surface area contributed by atoms with Crippen molar-refractivity contribution in [3.8, 4) is 0 Å². The minimum atomic E-state index is 0.790. The predicted molar refractivity (Wildman–Crippen MR) is 92.7 cm³/mol. The molecule has 2 rings (SSSR count). The molecule has 1 heterocycles. The molecule has 0 spiro atoms. The van der Waals surface area contributed by atoms with E-state index in [1.807, 2.05) is 0 Å². The Labute approximate surface area is 133 Å². The molecule has 0 aromatic rings. The van der Waals surface area contributed by atoms with Gasteiger partial charge < -0.3 is 10.2 Å². The summed E-state index contributed by atoms with van der Waals surface area (Å²) in [4.78, 5) is 2.78. The lowest BCUT2D eigenvalue weighted by Gasteiger charge is -2.38. The molecule has 0 aromatic carbocycles. The van der Waals surface area contributed by atoms with Crippen molar-refractivity contribution in [1.29, 1.82) is 0 Å². The van der Waals surface area contributed by atoms with E-state index in [1.165, 1.54) is 77.5 Å². The van der Waals surface area contributed by atoms with Crippen molar-refractivity contribution in [1.82, 2.24) is 10.2 Å². The third-order valence-electron chi connectivity index (χ3n) is 5.88. The van der Waals surface area contributed by atoms with E-state index in [4.69, 9.17) is 0 Å². The second kappa shape index (κ2) is 9.15. The van der Waals surface area contributed by atoms with E-state index in [9.17, 15) is 0 Å². The number of likely N-dealkylation sites (tertiary alicyclic amines) is 1. The third-order valence-corrected chi connectivity index (χ3v) is 5.88. The molecular formula is C19H38N2. The third kappa shape index (κ3) is 5.25. The maximum Gasteiger partial charge on any atom is 0.0108 e. The normalized spacial score (nSPS) is 34.4. The lowest BCUT2D eigenvalue weighted by molar-refractivity contribution is 0.149. The Morgan fingerprint density at radius 1 is 1.00 bits per heavy atom. The molecule has 2 fully saturated rings. The zero-order chi connectivity index (χ0) is 15.1. The summed E-state index contributed by atoms with van der Waals surface area (Å²) >= 11 is 0. The van der Waals surface area contributed by atoms with E-state index in [-0.39, 0.29) is 0 Å². The van der Waals surface area contributed by atoms with Gasteiger partial charge in [-0.05, 0) is 69.4 Å². The Hall–Kier alpha value is -0.0800. The fourth-order valence-corrected chi connectivity index (χ4v) is 4.59. The van der Waals surface area contributed by atoms with Gasteiger partial charge in [-0.15, -0.1) is 0 Å². The van der Waals surface area contributed by atoms with Crippen molar-refractivity contribution >= 4 is 0 Å². The first kappa shape index (κ1) is 17.3. The van der Waals surface area contributed by atoms with E-state index in [0.29, 0.717) is 0 Å². The van der Waals surface area contributed by atoms with Gasteiger partial charge >= 0.3 is 0 Å². The number of rotatable bonds is 8. The smallest absolute Gasteiger partial charge is 0.0108 e. The summed E-state index contributed by atoms with van der Waals surface area (Å²) in [7, 11) is 0. The predicted octanol–water partition coefficient (Wildman–Crippen LogP) is 4.30. The van der Waals surface area contributed by atoms with Crippen LogP contribution in [-0.2, 0) is 0 Å². The zero-order valence-corrected chi connectivity index (χ0v) is 14.7. The Bertz CT molecular complexity index is 279. The zero-order valence-electron chi connectivity index (χ0n) is 14.7. The first-order chi connectivity index (χ1) is 10.3. The second-order valence-corrected chi connectivity index (χ2v) is 7.61. The molecule has 2 heteroatoms. The van der Waals surface area contributed by atoms with Crippen LogP contribution in [0.15, 0.2) is 0 Å². The molecule has 0 aromatic heterocycles. The standard InChI is InChI=1S/C19H38N2/c1-4-7-17-10-12-21(14-17)15-18-13-16(6-3)8-9-19(18)20-11-5-2/h16-20H,4-15H2,1-3H3. The molecule has 4 atom stereocenters. The topological polar surface area (TPSA) is 15.3 Å². The van der Waals surface area contributed by atoms with Crippen molar-refractivity contribution in [2.24, 2.45) is 17.8 Å². The molecule has 2 nitrogen and oxygen atoms in total. The Morgan fingerprint density at radius 3 is 2.57 bits per heavy atom. The van der Waals surface area contributed by atoms with E-state index in [0.717, 1.165) is 23.8 Å². The van der Waals surface area contributed by atoms with Gasteiger partial charge in [0.25, 0.3) is 0 Å². The molecule has 0 radical (unpaired) electrons. The molecule has 1 saturated heterocycles. The van der Waals surface area contributed by atoms with Crippen molar-refractivity contribution in [3.05, 3.63) is 0 Å². The maximum atomic E-state index is 3.85. The van der Waals surface area contributed by atoms with Crippen LogP contribution in [0, 0.1) is 17.8 Å². The highest BCUT2D eigenvalue weighted by molar-refractivity contribution is 4.88. The van der Waals surface area contributed by atoms with Gasteiger partial charge in [0.05, 0.1) is 0 Å². The van der Waals surface area contributed by atoms with E-state index in [2.05, 4.69) is 31.0 Å². The van der Waals surface area contributed by atoms with E-state index >= 15 is 0 Å². The van der Waals surface area contributed by atoms with Gasteiger partial charge in [0.1, 0.15) is 0 Å². The summed E-state index contributed by atoms with van der Waals surface area (Å²) in [5.74, 6) is 2.88. The summed E-state index contributed by atoms with van der Waals surface area (Å²) in [6, 6.07) is 0.790. The van der Waals surface area contributed by atoms with Crippen LogP contribution >= 0.6 is 0 Å². The fraction of sp³-hybridized carbons (Fsp3) is 1.00. The number of nitrogens with zero attached hydrogens (tertiary/aromatic N) is 1. The van der Waals surface area contributed by atoms with Crippen LogP contribution in [0.3, 0.4) is 0 Å². The fourth-order valence-electron chi connectivity index (χ4n) is 4.59. The Balaban J connectivity index is 1.84. The van der Waals surface area contributed by atoms with Gasteiger partial charge in [0.2, 0.25) is 0 Å². The number of hydrogen-bond donors (Lipinski definition) is 1. The molecule has 1 saturated carbocycles.